The molecule has 0 atom stereocenters. The van der Waals surface area contributed by atoms with Gasteiger partial charge in [0.15, 0.2) is 15.0 Å². The molecular weight excluding hydrogens is 430 g/mol. The van der Waals surface area contributed by atoms with Gasteiger partial charge in [0.05, 0.1) is 15.0 Å². The van der Waals surface area contributed by atoms with Gasteiger partial charge in [0.1, 0.15) is 5.52 Å². The monoisotopic (exact) mass is 459 g/mol. The van der Waals surface area contributed by atoms with Crippen LogP contribution in [0.25, 0.3) is 10.2 Å². The van der Waals surface area contributed by atoms with Crippen molar-refractivity contribution in [3.05, 3.63) is 18.2 Å². The van der Waals surface area contributed by atoms with Crippen LogP contribution in [0, 0.1) is 23.2 Å². The maximum Gasteiger partial charge on any atom is 0.228 e. The van der Waals surface area contributed by atoms with Gasteiger partial charge in [-0.05, 0) is 68.4 Å². The molecule has 1 amide bonds. The van der Waals surface area contributed by atoms with Crippen molar-refractivity contribution in [2.75, 3.05) is 37.3 Å². The van der Waals surface area contributed by atoms with Crippen LogP contribution in [-0.4, -0.2) is 56.6 Å². The number of sulfone groups is 1. The Labute approximate surface area is 187 Å². The first kappa shape index (κ1) is 20.0. The van der Waals surface area contributed by atoms with Crippen LogP contribution in [0.2, 0.25) is 0 Å². The number of thiazole rings is 1. The second-order valence-electron chi connectivity index (χ2n) is 10.3. The maximum absolute atomic E-state index is 13.6. The highest BCUT2D eigenvalue weighted by Gasteiger charge is 2.55. The summed E-state index contributed by atoms with van der Waals surface area (Å²) >= 11 is 1.54. The molecule has 4 aliphatic carbocycles. The Kier molecular flexibility index (Phi) is 4.45. The fourth-order valence-electron chi connectivity index (χ4n) is 7.15. The molecule has 0 spiro atoms. The first-order valence-electron chi connectivity index (χ1n) is 11.4. The normalized spacial score (nSPS) is 32.7. The minimum atomic E-state index is -3.32. The van der Waals surface area contributed by atoms with Crippen LogP contribution >= 0.6 is 11.3 Å². The summed E-state index contributed by atoms with van der Waals surface area (Å²) in [7, 11) is -3.32. The highest BCUT2D eigenvalue weighted by atomic mass is 32.2. The van der Waals surface area contributed by atoms with E-state index >= 15 is 0 Å². The molecule has 31 heavy (non-hydrogen) atoms. The molecule has 5 aliphatic rings. The van der Waals surface area contributed by atoms with Gasteiger partial charge in [0.25, 0.3) is 0 Å². The topological polar surface area (TPSA) is 70.6 Å². The van der Waals surface area contributed by atoms with Gasteiger partial charge in [0.2, 0.25) is 5.91 Å². The van der Waals surface area contributed by atoms with Crippen molar-refractivity contribution in [1.82, 2.24) is 9.88 Å². The number of para-hydroxylation sites is 1. The molecule has 1 aromatic carbocycles. The van der Waals surface area contributed by atoms with E-state index < -0.39 is 9.84 Å². The molecule has 6 nitrogen and oxygen atoms in total. The van der Waals surface area contributed by atoms with E-state index in [1.54, 1.807) is 12.1 Å². The second-order valence-corrected chi connectivity index (χ2v) is 13.3. The van der Waals surface area contributed by atoms with Gasteiger partial charge in [0, 0.05) is 32.4 Å². The Balaban J connectivity index is 1.18. The molecule has 2 heterocycles. The van der Waals surface area contributed by atoms with Gasteiger partial charge < -0.3 is 9.80 Å². The van der Waals surface area contributed by atoms with Gasteiger partial charge in [-0.3, -0.25) is 4.79 Å². The average molecular weight is 460 g/mol. The number of amides is 1. The van der Waals surface area contributed by atoms with Gasteiger partial charge >= 0.3 is 0 Å². The smallest absolute Gasteiger partial charge is 0.228 e. The van der Waals surface area contributed by atoms with E-state index in [1.807, 2.05) is 6.07 Å². The predicted molar refractivity (Wildman–Crippen MR) is 122 cm³/mol. The van der Waals surface area contributed by atoms with E-state index in [9.17, 15) is 13.2 Å². The first-order chi connectivity index (χ1) is 14.8. The summed E-state index contributed by atoms with van der Waals surface area (Å²) in [5.74, 6) is 2.75. The summed E-state index contributed by atoms with van der Waals surface area (Å²) in [4.78, 5) is 22.9. The number of anilines is 1. The Bertz CT molecular complexity index is 1110. The molecule has 0 radical (unpaired) electrons. The van der Waals surface area contributed by atoms with Gasteiger partial charge in [-0.25, -0.2) is 13.4 Å². The first-order valence-corrected chi connectivity index (χ1v) is 14.2. The lowest BCUT2D eigenvalue weighted by molar-refractivity contribution is -0.158. The van der Waals surface area contributed by atoms with Gasteiger partial charge in [-0.15, -0.1) is 0 Å². The maximum atomic E-state index is 13.6. The van der Waals surface area contributed by atoms with Crippen LogP contribution in [0.5, 0.6) is 0 Å². The van der Waals surface area contributed by atoms with Crippen LogP contribution in [0.4, 0.5) is 5.13 Å². The summed E-state index contributed by atoms with van der Waals surface area (Å²) in [6, 6.07) is 5.34. The van der Waals surface area contributed by atoms with E-state index in [0.29, 0.717) is 16.3 Å². The lowest BCUT2D eigenvalue weighted by Gasteiger charge is -2.57. The van der Waals surface area contributed by atoms with Crippen LogP contribution in [0.15, 0.2) is 23.1 Å². The number of hydrogen-bond donors (Lipinski definition) is 0. The van der Waals surface area contributed by atoms with Crippen LogP contribution < -0.4 is 4.90 Å². The van der Waals surface area contributed by atoms with E-state index in [4.69, 9.17) is 0 Å². The molecule has 0 unspecified atom stereocenters. The van der Waals surface area contributed by atoms with E-state index in [2.05, 4.69) is 14.8 Å². The zero-order chi connectivity index (χ0) is 21.4. The summed E-state index contributed by atoms with van der Waals surface area (Å²) in [6.07, 6.45) is 8.64. The minimum absolute atomic E-state index is 0.0723. The minimum Gasteiger partial charge on any atom is -0.345 e. The quantitative estimate of drug-likeness (QED) is 0.702. The molecule has 7 rings (SSSR count). The van der Waals surface area contributed by atoms with E-state index in [1.165, 1.54) is 36.9 Å². The fourth-order valence-corrected chi connectivity index (χ4v) is 9.10. The van der Waals surface area contributed by atoms with Crippen molar-refractivity contribution in [3.63, 3.8) is 0 Å². The lowest BCUT2D eigenvalue weighted by atomic mass is 9.49. The third-order valence-corrected chi connectivity index (χ3v) is 10.3. The number of carbonyl (C=O) groups excluding carboxylic acids is 1. The molecule has 5 fully saturated rings. The Morgan fingerprint density at radius 1 is 1.03 bits per heavy atom. The zero-order valence-corrected chi connectivity index (χ0v) is 19.6. The number of fused-ring (bicyclic) bond motifs is 1. The zero-order valence-electron chi connectivity index (χ0n) is 17.9. The second kappa shape index (κ2) is 6.91. The molecule has 4 bridgehead atoms. The van der Waals surface area contributed by atoms with Crippen LogP contribution in [0.1, 0.15) is 38.5 Å². The summed E-state index contributed by atoms with van der Waals surface area (Å²) in [6.45, 7) is 2.98. The molecular formula is C23H29N3O3S2. The van der Waals surface area contributed by atoms with Crippen LogP contribution in [-0.2, 0) is 14.6 Å². The predicted octanol–water partition coefficient (Wildman–Crippen LogP) is 3.56. The Morgan fingerprint density at radius 3 is 2.23 bits per heavy atom. The number of carbonyl (C=O) groups is 1. The van der Waals surface area contributed by atoms with Crippen molar-refractivity contribution in [3.8, 4) is 0 Å². The number of piperazine rings is 1. The van der Waals surface area contributed by atoms with Crippen molar-refractivity contribution in [2.45, 2.75) is 43.4 Å². The third-order valence-electron chi connectivity index (χ3n) is 8.10. The highest BCUT2D eigenvalue weighted by Crippen LogP contribution is 2.60. The molecule has 4 saturated carbocycles. The molecule has 8 heteroatoms. The fraction of sp³-hybridized carbons (Fsp3) is 0.652. The third kappa shape index (κ3) is 3.28. The summed E-state index contributed by atoms with van der Waals surface area (Å²) < 4.78 is 25.1. The van der Waals surface area contributed by atoms with Crippen LogP contribution in [0.3, 0.4) is 0 Å². The number of rotatable bonds is 3. The SMILES string of the molecule is CS(=O)(=O)c1cccc2sc(N3CCN(C(=O)C45CC6CC(CC(C6)C4)C5)CC3)nc12. The summed E-state index contributed by atoms with van der Waals surface area (Å²) in [5.41, 5.74) is 0.494. The van der Waals surface area contributed by atoms with Gasteiger partial charge in [-0.1, -0.05) is 17.4 Å². The number of nitrogens with zero attached hydrogens (tertiary/aromatic N) is 3. The number of hydrogen-bond acceptors (Lipinski definition) is 6. The lowest BCUT2D eigenvalue weighted by Crippen LogP contribution is -2.58. The largest absolute Gasteiger partial charge is 0.345 e. The molecule has 2 aromatic rings. The van der Waals surface area contributed by atoms with E-state index in [0.717, 1.165) is 73.0 Å². The van der Waals surface area contributed by atoms with Gasteiger partial charge in [-0.2, -0.15) is 0 Å². The average Bonchev–Trinajstić information content (AvgIpc) is 3.16. The number of aromatic nitrogens is 1. The molecule has 1 aliphatic heterocycles. The Morgan fingerprint density at radius 2 is 1.65 bits per heavy atom. The van der Waals surface area contributed by atoms with Crippen molar-refractivity contribution >= 4 is 42.4 Å². The number of benzene rings is 1. The standard InChI is InChI=1S/C23H29N3O3S2/c1-31(28,29)19-4-2-3-18-20(19)24-22(30-18)26-7-5-25(6-8-26)21(27)23-12-15-9-16(13-23)11-17(10-15)14-23/h2-4,15-17H,5-14H2,1H3. The van der Waals surface area contributed by atoms with E-state index in [-0.39, 0.29) is 5.41 Å². The summed E-state index contributed by atoms with van der Waals surface area (Å²) in [5, 5.41) is 0.855. The van der Waals surface area contributed by atoms with Crippen molar-refractivity contribution in [1.29, 1.82) is 0 Å². The molecule has 166 valence electrons. The molecule has 1 saturated heterocycles. The van der Waals surface area contributed by atoms with Crippen molar-refractivity contribution in [2.24, 2.45) is 23.2 Å². The Hall–Kier alpha value is -1.67. The molecule has 1 aromatic heterocycles. The highest BCUT2D eigenvalue weighted by molar-refractivity contribution is 7.91. The molecule has 0 N–H and O–H groups in total. The van der Waals surface area contributed by atoms with Crippen molar-refractivity contribution < 1.29 is 13.2 Å².